The van der Waals surface area contributed by atoms with E-state index in [4.69, 9.17) is 16.3 Å². The number of hydrogen-bond acceptors (Lipinski definition) is 4. The minimum absolute atomic E-state index is 0. The minimum atomic E-state index is -0.737. The van der Waals surface area contributed by atoms with E-state index < -0.39 is 5.97 Å². The van der Waals surface area contributed by atoms with Gasteiger partial charge in [0.15, 0.2) is 0 Å². The Labute approximate surface area is 260 Å². The summed E-state index contributed by atoms with van der Waals surface area (Å²) in [6.45, 7) is 8.39. The second-order valence-electron chi connectivity index (χ2n) is 10.0. The van der Waals surface area contributed by atoms with Crippen molar-refractivity contribution in [3.05, 3.63) is 108 Å². The van der Waals surface area contributed by atoms with Crippen LogP contribution in [0.4, 0.5) is 0 Å². The highest BCUT2D eigenvalue weighted by Gasteiger charge is 2.10. The predicted molar refractivity (Wildman–Crippen MR) is 180 cm³/mol. The van der Waals surface area contributed by atoms with Gasteiger partial charge in [-0.05, 0) is 54.7 Å². The second-order valence-corrected chi connectivity index (χ2v) is 10.0. The van der Waals surface area contributed by atoms with Crippen LogP contribution in [0.1, 0.15) is 51.7 Å². The molecule has 0 bridgehead atoms. The zero-order valence-electron chi connectivity index (χ0n) is 26.6. The number of carbonyl (C=O) groups is 2. The van der Waals surface area contributed by atoms with Crippen LogP contribution < -0.4 is 0 Å². The summed E-state index contributed by atoms with van der Waals surface area (Å²) in [4.78, 5) is 20.8. The minimum Gasteiger partial charge on any atom is -0.481 e. The lowest BCUT2D eigenvalue weighted by molar-refractivity contribution is -0.141. The van der Waals surface area contributed by atoms with Gasteiger partial charge in [-0.15, -0.1) is 9.24 Å². The quantitative estimate of drug-likeness (QED) is 0.162. The normalized spacial score (nSPS) is 13.5. The second kappa shape index (κ2) is 28.3. The molecule has 7 heteroatoms. The summed E-state index contributed by atoms with van der Waals surface area (Å²) in [5.41, 5.74) is 3.61. The largest absolute Gasteiger partial charge is 0.481 e. The number of ether oxygens (including phenoxy) is 1. The van der Waals surface area contributed by atoms with Crippen LogP contribution in [-0.2, 0) is 33.6 Å². The van der Waals surface area contributed by atoms with Gasteiger partial charge in [0, 0.05) is 35.5 Å². The summed E-state index contributed by atoms with van der Waals surface area (Å²) >= 11 is 0. The van der Waals surface area contributed by atoms with E-state index in [2.05, 4.69) is 21.4 Å². The van der Waals surface area contributed by atoms with Crippen molar-refractivity contribution in [1.82, 2.24) is 0 Å². The van der Waals surface area contributed by atoms with Gasteiger partial charge in [0.2, 0.25) is 0 Å². The molecule has 4 rings (SSSR count). The molecule has 1 saturated heterocycles. The van der Waals surface area contributed by atoms with Gasteiger partial charge < -0.3 is 19.7 Å². The number of carbonyl (C=O) groups excluding carboxylic acids is 1. The Morgan fingerprint density at radius 3 is 1.52 bits per heavy atom. The molecule has 1 aliphatic rings. The monoisotopic (exact) mass is 594 g/mol. The van der Waals surface area contributed by atoms with Gasteiger partial charge in [-0.25, -0.2) is 0 Å². The third-order valence-corrected chi connectivity index (χ3v) is 6.01. The molecule has 0 aromatic heterocycles. The van der Waals surface area contributed by atoms with Crippen molar-refractivity contribution in [1.29, 1.82) is 0 Å². The van der Waals surface area contributed by atoms with E-state index >= 15 is 0 Å². The maximum Gasteiger partial charge on any atom is 0.306 e. The van der Waals surface area contributed by atoms with Crippen LogP contribution in [-0.4, -0.2) is 57.3 Å². The SMILES string of the molecule is C1CCOC1.CC(C=O)Cc1ccccc1.CC(CO)Cc1ccccc1.CC(Cc1ccccc1)C(=O)O.[2H]CP.[B]. The first-order valence-corrected chi connectivity index (χ1v) is 15.1. The van der Waals surface area contributed by atoms with Crippen molar-refractivity contribution >= 4 is 29.9 Å². The molecule has 3 radical (unpaired) electrons. The lowest BCUT2D eigenvalue weighted by Crippen LogP contribution is -2.11. The molecule has 229 valence electrons. The highest BCUT2D eigenvalue weighted by atomic mass is 31.0. The highest BCUT2D eigenvalue weighted by Crippen LogP contribution is 2.08. The standard InChI is InChI=1S/C10H12O2.C10H14O.C10H12O.C4H8O.CH5P.B/c1-8(10(11)12)7-9-5-3-2-4-6-9;2*1-9(8-11)7-10-5-3-2-4-6-10;1-2-4-5-3-1;1-2;/h2-6,8H,7H2,1H3,(H,11,12);2-6,9,11H,7-8H2,1H3;2-6,8-9H,7H2,1H3;1-4H2;2H2,1H3;/i;;;;1D;. The molecule has 3 aromatic carbocycles. The molecule has 0 spiro atoms. The third kappa shape index (κ3) is 22.9. The van der Waals surface area contributed by atoms with E-state index in [9.17, 15) is 9.59 Å². The lowest BCUT2D eigenvalue weighted by Gasteiger charge is -2.06. The van der Waals surface area contributed by atoms with Crippen molar-refractivity contribution in [2.75, 3.05) is 26.5 Å². The van der Waals surface area contributed by atoms with E-state index in [1.165, 1.54) is 24.0 Å². The van der Waals surface area contributed by atoms with Gasteiger partial charge in [0.25, 0.3) is 0 Å². The van der Waals surface area contributed by atoms with Crippen LogP contribution in [0.5, 0.6) is 0 Å². The smallest absolute Gasteiger partial charge is 0.306 e. The van der Waals surface area contributed by atoms with E-state index in [1.807, 2.05) is 92.7 Å². The van der Waals surface area contributed by atoms with Crippen molar-refractivity contribution in [3.63, 3.8) is 0 Å². The fraction of sp³-hybridized carbons (Fsp3) is 0.429. The lowest BCUT2D eigenvalue weighted by atomic mass is 10.0. The van der Waals surface area contributed by atoms with Crippen LogP contribution in [0.25, 0.3) is 0 Å². The third-order valence-electron chi connectivity index (χ3n) is 6.01. The van der Waals surface area contributed by atoms with Crippen molar-refractivity contribution < 1.29 is 25.9 Å². The maximum atomic E-state index is 10.5. The first-order chi connectivity index (χ1) is 20.3. The van der Waals surface area contributed by atoms with E-state index in [-0.39, 0.29) is 26.9 Å². The molecule has 0 saturated carbocycles. The average Bonchev–Trinajstić information content (AvgIpc) is 3.60. The van der Waals surface area contributed by atoms with Crippen molar-refractivity contribution in [2.45, 2.75) is 52.9 Å². The summed E-state index contributed by atoms with van der Waals surface area (Å²) in [5.74, 6) is -0.527. The molecule has 3 aromatic rings. The van der Waals surface area contributed by atoms with Crippen LogP contribution in [0.15, 0.2) is 91.0 Å². The number of rotatable bonds is 9. The summed E-state index contributed by atoms with van der Waals surface area (Å²) in [6, 6.07) is 29.9. The van der Waals surface area contributed by atoms with Crippen LogP contribution in [0.2, 0.25) is 0 Å². The predicted octanol–water partition coefficient (Wildman–Crippen LogP) is 6.78. The summed E-state index contributed by atoms with van der Waals surface area (Å²) in [7, 11) is 2.25. The number of hydrogen-bond donors (Lipinski definition) is 2. The Bertz CT molecular complexity index is 1020. The zero-order chi connectivity index (χ0) is 31.4. The van der Waals surface area contributed by atoms with Gasteiger partial charge in [-0.1, -0.05) is 118 Å². The first-order valence-electron chi connectivity index (χ1n) is 15.0. The number of carboxylic acids is 1. The Morgan fingerprint density at radius 1 is 0.833 bits per heavy atom. The van der Waals surface area contributed by atoms with Gasteiger partial charge in [-0.3, -0.25) is 4.79 Å². The number of aldehydes is 1. The Hall–Kier alpha value is -2.79. The molecule has 0 amide bonds. The molecule has 42 heavy (non-hydrogen) atoms. The van der Waals surface area contributed by atoms with Gasteiger partial charge in [-0.2, -0.15) is 0 Å². The van der Waals surface area contributed by atoms with Crippen LogP contribution >= 0.6 is 9.24 Å². The molecule has 1 aliphatic heterocycles. The summed E-state index contributed by atoms with van der Waals surface area (Å²) in [6.07, 6.45) is 5.98. The fourth-order valence-corrected chi connectivity index (χ4v) is 3.68. The molecule has 4 unspecified atom stereocenters. The molecular weight excluding hydrogens is 542 g/mol. The average molecular weight is 595 g/mol. The van der Waals surface area contributed by atoms with Gasteiger partial charge in [0.1, 0.15) is 6.29 Å². The molecule has 1 fully saturated rings. The topological polar surface area (TPSA) is 83.8 Å². The number of aliphatic hydroxyl groups excluding tert-OH is 1. The Kier molecular flexibility index (Phi) is 26.5. The Balaban J connectivity index is 0. The fourth-order valence-electron chi connectivity index (χ4n) is 3.68. The summed E-state index contributed by atoms with van der Waals surface area (Å²) < 4.78 is 11.1. The number of aliphatic carboxylic acids is 1. The molecule has 4 atom stereocenters. The van der Waals surface area contributed by atoms with Crippen molar-refractivity contribution in [2.24, 2.45) is 17.8 Å². The molecule has 0 aliphatic carbocycles. The Morgan fingerprint density at radius 2 is 1.21 bits per heavy atom. The molecule has 1 heterocycles. The number of benzene rings is 3. The highest BCUT2D eigenvalue weighted by molar-refractivity contribution is 7.15. The van der Waals surface area contributed by atoms with E-state index in [0.717, 1.165) is 37.9 Å². The molecule has 2 N–H and O–H groups in total. The van der Waals surface area contributed by atoms with E-state index in [1.54, 1.807) is 6.92 Å². The van der Waals surface area contributed by atoms with Crippen LogP contribution in [0.3, 0.4) is 0 Å². The number of aliphatic hydroxyl groups is 1. The maximum absolute atomic E-state index is 10.5. The molecule has 5 nitrogen and oxygen atoms in total. The van der Waals surface area contributed by atoms with Gasteiger partial charge >= 0.3 is 5.97 Å². The van der Waals surface area contributed by atoms with Gasteiger partial charge in [0.05, 0.1) is 5.92 Å². The number of carboxylic acid groups (broad SMARTS) is 1. The first kappa shape index (κ1) is 39.2. The van der Waals surface area contributed by atoms with E-state index in [0.29, 0.717) is 19.0 Å². The molecular formula is C35H51BO5P. The summed E-state index contributed by atoms with van der Waals surface area (Å²) in [5, 5.41) is 17.4. The van der Waals surface area contributed by atoms with Crippen molar-refractivity contribution in [3.8, 4) is 0 Å². The van der Waals surface area contributed by atoms with Crippen LogP contribution in [0, 0.1) is 17.8 Å². The zero-order valence-corrected chi connectivity index (χ0v) is 26.8.